The topological polar surface area (TPSA) is 73.8 Å². The van der Waals surface area contributed by atoms with Gasteiger partial charge in [-0.3, -0.25) is 9.78 Å². The fourth-order valence-electron chi connectivity index (χ4n) is 3.30. The molecule has 1 amide bonds. The molecule has 8 heteroatoms. The molecule has 1 fully saturated rings. The third-order valence-electron chi connectivity index (χ3n) is 4.90. The number of aromatic nitrogens is 1. The second-order valence-corrected chi connectivity index (χ2v) is 9.29. The lowest BCUT2D eigenvalue weighted by molar-refractivity contribution is 0.0783. The Hall–Kier alpha value is -2.45. The molecule has 150 valence electrons. The van der Waals surface area contributed by atoms with Crippen molar-refractivity contribution in [3.8, 4) is 0 Å². The van der Waals surface area contributed by atoms with Gasteiger partial charge in [0, 0.05) is 46.1 Å². The number of sulfonamides is 1. The highest BCUT2D eigenvalue weighted by Crippen LogP contribution is 2.29. The average molecular weight is 403 g/mol. The molecule has 3 rings (SSSR count). The van der Waals surface area contributed by atoms with Crippen LogP contribution in [0.25, 0.3) is 0 Å². The molecular weight excluding hydrogens is 376 g/mol. The third-order valence-corrected chi connectivity index (χ3v) is 6.71. The van der Waals surface area contributed by atoms with E-state index in [0.29, 0.717) is 12.1 Å². The molecule has 1 aliphatic heterocycles. The van der Waals surface area contributed by atoms with Crippen LogP contribution >= 0.6 is 0 Å². The lowest BCUT2D eigenvalue weighted by Gasteiger charge is -2.25. The van der Waals surface area contributed by atoms with Gasteiger partial charge in [-0.05, 0) is 43.2 Å². The molecule has 2 aromatic rings. The predicted molar refractivity (Wildman–Crippen MR) is 109 cm³/mol. The molecule has 0 N–H and O–H groups in total. The molecule has 0 aliphatic carbocycles. The van der Waals surface area contributed by atoms with Crippen LogP contribution in [0.2, 0.25) is 0 Å². The van der Waals surface area contributed by atoms with Gasteiger partial charge in [-0.25, -0.2) is 12.7 Å². The first kappa shape index (κ1) is 20.3. The van der Waals surface area contributed by atoms with E-state index in [2.05, 4.69) is 9.88 Å². The maximum absolute atomic E-state index is 13.2. The van der Waals surface area contributed by atoms with Gasteiger partial charge >= 0.3 is 0 Å². The number of carbonyl (C=O) groups is 1. The van der Waals surface area contributed by atoms with Crippen molar-refractivity contribution in [1.29, 1.82) is 0 Å². The zero-order valence-electron chi connectivity index (χ0n) is 16.5. The molecule has 0 bridgehead atoms. The molecule has 2 heterocycles. The number of hydrogen-bond donors (Lipinski definition) is 0. The number of pyridine rings is 1. The summed E-state index contributed by atoms with van der Waals surface area (Å²) in [5.41, 5.74) is 1.97. The highest BCUT2D eigenvalue weighted by atomic mass is 32.2. The van der Waals surface area contributed by atoms with Crippen molar-refractivity contribution in [2.24, 2.45) is 0 Å². The molecule has 1 aromatic heterocycles. The second kappa shape index (κ2) is 8.28. The number of anilines is 1. The van der Waals surface area contributed by atoms with E-state index in [1.165, 1.54) is 20.2 Å². The Morgan fingerprint density at radius 2 is 1.82 bits per heavy atom. The highest BCUT2D eigenvalue weighted by Gasteiger charge is 2.26. The average Bonchev–Trinajstić information content (AvgIpc) is 3.22. The maximum atomic E-state index is 13.2. The number of nitrogens with zero attached hydrogens (tertiary/aromatic N) is 4. The first-order valence-electron chi connectivity index (χ1n) is 9.27. The zero-order valence-corrected chi connectivity index (χ0v) is 17.3. The minimum Gasteiger partial charge on any atom is -0.371 e. The molecule has 0 unspecified atom stereocenters. The van der Waals surface area contributed by atoms with Crippen LogP contribution in [0.15, 0.2) is 47.5 Å². The lowest BCUT2D eigenvalue weighted by Crippen LogP contribution is -2.30. The van der Waals surface area contributed by atoms with E-state index in [9.17, 15) is 13.2 Å². The number of rotatable bonds is 6. The van der Waals surface area contributed by atoms with E-state index in [4.69, 9.17) is 0 Å². The normalized spacial score (nSPS) is 14.5. The van der Waals surface area contributed by atoms with Crippen molar-refractivity contribution in [1.82, 2.24) is 14.2 Å². The van der Waals surface area contributed by atoms with Crippen LogP contribution in [-0.4, -0.2) is 62.7 Å². The first-order chi connectivity index (χ1) is 13.3. The summed E-state index contributed by atoms with van der Waals surface area (Å²) in [4.78, 5) is 21.3. The monoisotopic (exact) mass is 402 g/mol. The van der Waals surface area contributed by atoms with Crippen molar-refractivity contribution < 1.29 is 13.2 Å². The van der Waals surface area contributed by atoms with Crippen molar-refractivity contribution in [2.45, 2.75) is 24.3 Å². The Kier molecular flexibility index (Phi) is 6.00. The molecule has 0 spiro atoms. The molecule has 0 saturated carbocycles. The molecule has 1 aliphatic rings. The summed E-state index contributed by atoms with van der Waals surface area (Å²) in [6.07, 6.45) is 3.82. The summed E-state index contributed by atoms with van der Waals surface area (Å²) in [5.74, 6) is -0.219. The van der Waals surface area contributed by atoms with Crippen LogP contribution in [0.4, 0.5) is 5.69 Å². The van der Waals surface area contributed by atoms with E-state index in [0.717, 1.165) is 41.6 Å². The van der Waals surface area contributed by atoms with Crippen LogP contribution in [0.1, 0.15) is 28.9 Å². The molecular formula is C20H26N4O3S. The van der Waals surface area contributed by atoms with Crippen LogP contribution < -0.4 is 4.90 Å². The van der Waals surface area contributed by atoms with Crippen molar-refractivity contribution in [2.75, 3.05) is 39.1 Å². The van der Waals surface area contributed by atoms with Gasteiger partial charge < -0.3 is 9.80 Å². The highest BCUT2D eigenvalue weighted by molar-refractivity contribution is 7.89. The Morgan fingerprint density at radius 1 is 1.11 bits per heavy atom. The summed E-state index contributed by atoms with van der Waals surface area (Å²) in [6, 6.07) is 10.4. The summed E-state index contributed by atoms with van der Waals surface area (Å²) in [5, 5.41) is 0. The number of hydrogen-bond acceptors (Lipinski definition) is 5. The van der Waals surface area contributed by atoms with Gasteiger partial charge in [0.05, 0.1) is 22.7 Å². The largest absolute Gasteiger partial charge is 0.371 e. The summed E-state index contributed by atoms with van der Waals surface area (Å²) < 4.78 is 26.3. The van der Waals surface area contributed by atoms with Crippen molar-refractivity contribution in [3.63, 3.8) is 0 Å². The quantitative estimate of drug-likeness (QED) is 0.741. The van der Waals surface area contributed by atoms with E-state index >= 15 is 0 Å². The molecule has 0 radical (unpaired) electrons. The van der Waals surface area contributed by atoms with Gasteiger partial charge in [-0.15, -0.1) is 0 Å². The van der Waals surface area contributed by atoms with Crippen LogP contribution in [0, 0.1) is 0 Å². The van der Waals surface area contributed by atoms with Gasteiger partial charge in [0.1, 0.15) is 0 Å². The molecule has 1 saturated heterocycles. The summed E-state index contributed by atoms with van der Waals surface area (Å²) >= 11 is 0. The fourth-order valence-corrected chi connectivity index (χ4v) is 4.23. The van der Waals surface area contributed by atoms with Gasteiger partial charge in [-0.2, -0.15) is 0 Å². The van der Waals surface area contributed by atoms with E-state index in [-0.39, 0.29) is 10.8 Å². The predicted octanol–water partition coefficient (Wildman–Crippen LogP) is 2.20. The Labute approximate surface area is 166 Å². The Morgan fingerprint density at radius 3 is 2.43 bits per heavy atom. The number of carbonyl (C=O) groups excluding carboxylic acids is 1. The first-order valence-corrected chi connectivity index (χ1v) is 10.7. The van der Waals surface area contributed by atoms with Gasteiger partial charge in [-0.1, -0.05) is 6.07 Å². The molecule has 7 nitrogen and oxygen atoms in total. The minimum absolute atomic E-state index is 0.120. The van der Waals surface area contributed by atoms with Crippen molar-refractivity contribution in [3.05, 3.63) is 53.9 Å². The van der Waals surface area contributed by atoms with Crippen LogP contribution in [0.3, 0.4) is 0 Å². The third kappa shape index (κ3) is 4.18. The summed E-state index contributed by atoms with van der Waals surface area (Å²) in [6.45, 7) is 2.08. The van der Waals surface area contributed by atoms with Crippen molar-refractivity contribution >= 4 is 21.6 Å². The van der Waals surface area contributed by atoms with Gasteiger partial charge in [0.2, 0.25) is 10.0 Å². The van der Waals surface area contributed by atoms with E-state index in [1.54, 1.807) is 30.3 Å². The van der Waals surface area contributed by atoms with Crippen LogP contribution in [0.5, 0.6) is 0 Å². The lowest BCUT2D eigenvalue weighted by atomic mass is 10.1. The van der Waals surface area contributed by atoms with E-state index in [1.807, 2.05) is 18.2 Å². The Balaban J connectivity index is 1.98. The maximum Gasteiger partial charge on any atom is 0.256 e. The van der Waals surface area contributed by atoms with Crippen LogP contribution in [-0.2, 0) is 16.6 Å². The molecule has 28 heavy (non-hydrogen) atoms. The smallest absolute Gasteiger partial charge is 0.256 e. The van der Waals surface area contributed by atoms with Gasteiger partial charge in [0.25, 0.3) is 5.91 Å². The van der Waals surface area contributed by atoms with E-state index < -0.39 is 10.0 Å². The zero-order chi connectivity index (χ0) is 20.3. The van der Waals surface area contributed by atoms with Gasteiger partial charge in [0.15, 0.2) is 0 Å². The number of benzene rings is 1. The molecule has 0 atom stereocenters. The Bertz CT molecular complexity index is 939. The summed E-state index contributed by atoms with van der Waals surface area (Å²) in [7, 11) is 1.05. The second-order valence-electron chi connectivity index (χ2n) is 7.14. The fraction of sp³-hybridized carbons (Fsp3) is 0.400. The molecule has 1 aromatic carbocycles. The minimum atomic E-state index is -3.63. The number of amides is 1. The SMILES string of the molecule is CN(Cc1ccccn1)C(=O)c1cc(S(=O)(=O)N(C)C)ccc1N1CCCC1. The standard InChI is InChI=1S/C20H26N4O3S/c1-22(2)28(26,27)17-9-10-19(24-12-6-7-13-24)18(14-17)20(25)23(3)15-16-8-4-5-11-21-16/h4-5,8-11,14H,6-7,12-13,15H2,1-3H3.